The third-order valence-electron chi connectivity index (χ3n) is 6.68. The van der Waals surface area contributed by atoms with E-state index in [1.807, 2.05) is 56.3 Å². The van der Waals surface area contributed by atoms with E-state index in [4.69, 9.17) is 4.98 Å². The van der Waals surface area contributed by atoms with Gasteiger partial charge in [-0.1, -0.05) is 30.2 Å². The molecular formula is C31H25N7O2S. The Kier molecular flexibility index (Phi) is 6.65. The number of benzene rings is 2. The summed E-state index contributed by atoms with van der Waals surface area (Å²) < 4.78 is 3.11. The van der Waals surface area contributed by atoms with Gasteiger partial charge in [0.25, 0.3) is 11.5 Å². The van der Waals surface area contributed by atoms with E-state index in [0.717, 1.165) is 15.6 Å². The second-order valence-electron chi connectivity index (χ2n) is 9.59. The number of aromatic nitrogens is 6. The van der Waals surface area contributed by atoms with Crippen LogP contribution in [0.15, 0.2) is 71.8 Å². The van der Waals surface area contributed by atoms with Gasteiger partial charge in [-0.15, -0.1) is 11.3 Å². The van der Waals surface area contributed by atoms with Gasteiger partial charge in [-0.25, -0.2) is 19.5 Å². The fourth-order valence-corrected chi connectivity index (χ4v) is 5.61. The fourth-order valence-electron chi connectivity index (χ4n) is 4.84. The molecule has 0 saturated carbocycles. The number of amides is 1. The monoisotopic (exact) mass is 559 g/mol. The third-order valence-corrected chi connectivity index (χ3v) is 7.67. The summed E-state index contributed by atoms with van der Waals surface area (Å²) in [5.41, 5.74) is 3.68. The van der Waals surface area contributed by atoms with Crippen LogP contribution >= 0.6 is 11.3 Å². The predicted octanol–water partition coefficient (Wildman–Crippen LogP) is 4.70. The summed E-state index contributed by atoms with van der Waals surface area (Å²) in [5.74, 6) is 6.41. The Bertz CT molecular complexity index is 2080. The average Bonchev–Trinajstić information content (AvgIpc) is 3.48. The molecule has 0 radical (unpaired) electrons. The Morgan fingerprint density at radius 3 is 2.54 bits per heavy atom. The lowest BCUT2D eigenvalue weighted by molar-refractivity contribution is 0.0938. The van der Waals surface area contributed by atoms with E-state index < -0.39 is 6.04 Å². The molecule has 9 nitrogen and oxygen atoms in total. The number of para-hydroxylation sites is 1. The summed E-state index contributed by atoms with van der Waals surface area (Å²) >= 11 is 1.52. The first-order valence-corrected chi connectivity index (χ1v) is 13.8. The molecule has 10 heteroatoms. The van der Waals surface area contributed by atoms with Gasteiger partial charge in [0.15, 0.2) is 5.65 Å². The second kappa shape index (κ2) is 10.4. The van der Waals surface area contributed by atoms with E-state index in [9.17, 15) is 9.59 Å². The summed E-state index contributed by atoms with van der Waals surface area (Å²) in [4.78, 5) is 42.2. The Hall–Kier alpha value is -5.14. The first-order chi connectivity index (χ1) is 19.8. The molecule has 41 heavy (non-hydrogen) atoms. The van der Waals surface area contributed by atoms with Crippen molar-refractivity contribution in [1.29, 1.82) is 0 Å². The van der Waals surface area contributed by atoms with Crippen molar-refractivity contribution in [1.82, 2.24) is 34.4 Å². The van der Waals surface area contributed by atoms with Crippen LogP contribution in [0.5, 0.6) is 0 Å². The van der Waals surface area contributed by atoms with Crippen LogP contribution < -0.4 is 10.9 Å². The van der Waals surface area contributed by atoms with Crippen molar-refractivity contribution < 1.29 is 4.79 Å². The van der Waals surface area contributed by atoms with Gasteiger partial charge >= 0.3 is 0 Å². The molecular weight excluding hydrogens is 534 g/mol. The number of thiazole rings is 1. The molecule has 4 heterocycles. The van der Waals surface area contributed by atoms with Crippen molar-refractivity contribution in [2.75, 3.05) is 0 Å². The van der Waals surface area contributed by atoms with Crippen LogP contribution in [0, 0.1) is 32.6 Å². The number of rotatable bonds is 4. The Balaban J connectivity index is 1.48. The highest BCUT2D eigenvalue weighted by atomic mass is 32.1. The summed E-state index contributed by atoms with van der Waals surface area (Å²) in [6.45, 7) is 7.43. The first-order valence-electron chi connectivity index (χ1n) is 13.0. The number of aryl methyl sites for hydroxylation is 3. The van der Waals surface area contributed by atoms with Crippen molar-refractivity contribution in [3.8, 4) is 17.5 Å². The van der Waals surface area contributed by atoms with Crippen molar-refractivity contribution in [2.45, 2.75) is 33.7 Å². The number of hydrogen-bond donors (Lipinski definition) is 1. The summed E-state index contributed by atoms with van der Waals surface area (Å²) in [6.07, 6.45) is 3.36. The zero-order chi connectivity index (χ0) is 28.7. The van der Waals surface area contributed by atoms with Crippen LogP contribution in [0.3, 0.4) is 0 Å². The molecule has 1 amide bonds. The molecule has 1 atom stereocenters. The molecule has 0 aliphatic heterocycles. The lowest BCUT2D eigenvalue weighted by atomic mass is 10.1. The van der Waals surface area contributed by atoms with Gasteiger partial charge in [-0.3, -0.25) is 14.2 Å². The van der Waals surface area contributed by atoms with E-state index in [0.29, 0.717) is 44.9 Å². The molecule has 0 aliphatic carbocycles. The Labute approximate surface area is 239 Å². The maximum Gasteiger partial charge on any atom is 0.267 e. The maximum absolute atomic E-state index is 14.2. The Morgan fingerprint density at radius 1 is 0.976 bits per heavy atom. The minimum Gasteiger partial charge on any atom is -0.342 e. The highest BCUT2D eigenvalue weighted by molar-refractivity contribution is 7.12. The molecule has 2 aromatic carbocycles. The van der Waals surface area contributed by atoms with Crippen LogP contribution in [0.1, 0.15) is 56.0 Å². The zero-order valence-electron chi connectivity index (χ0n) is 22.8. The van der Waals surface area contributed by atoms with Crippen LogP contribution in [-0.4, -0.2) is 35.0 Å². The van der Waals surface area contributed by atoms with Gasteiger partial charge in [0.1, 0.15) is 16.3 Å². The van der Waals surface area contributed by atoms with Crippen molar-refractivity contribution in [3.05, 3.63) is 116 Å². The molecule has 202 valence electrons. The number of nitrogens with zero attached hydrogens (tertiary/aromatic N) is 6. The number of carbonyl (C=O) groups is 1. The smallest absolute Gasteiger partial charge is 0.267 e. The fraction of sp³-hybridized carbons (Fsp3) is 0.161. The van der Waals surface area contributed by atoms with E-state index >= 15 is 0 Å². The highest BCUT2D eigenvalue weighted by Crippen LogP contribution is 2.22. The van der Waals surface area contributed by atoms with Gasteiger partial charge in [-0.2, -0.15) is 5.10 Å². The molecule has 1 N–H and O–H groups in total. The lowest BCUT2D eigenvalue weighted by Gasteiger charge is -2.20. The minimum absolute atomic E-state index is 0.270. The molecule has 0 unspecified atom stereocenters. The third kappa shape index (κ3) is 4.77. The van der Waals surface area contributed by atoms with Crippen molar-refractivity contribution in [2.24, 2.45) is 0 Å². The summed E-state index contributed by atoms with van der Waals surface area (Å²) in [7, 11) is 0. The quantitative estimate of drug-likeness (QED) is 0.314. The predicted molar refractivity (Wildman–Crippen MR) is 159 cm³/mol. The molecule has 0 spiro atoms. The van der Waals surface area contributed by atoms with E-state index in [2.05, 4.69) is 32.2 Å². The van der Waals surface area contributed by atoms with Gasteiger partial charge in [0.2, 0.25) is 0 Å². The first kappa shape index (κ1) is 26.1. The number of carbonyl (C=O) groups excluding carboxylic acids is 1. The number of hydrogen-bond acceptors (Lipinski definition) is 7. The molecule has 0 bridgehead atoms. The van der Waals surface area contributed by atoms with Crippen LogP contribution in [0.4, 0.5) is 0 Å². The van der Waals surface area contributed by atoms with Crippen LogP contribution in [0.2, 0.25) is 0 Å². The van der Waals surface area contributed by atoms with Gasteiger partial charge < -0.3 is 5.32 Å². The lowest BCUT2D eigenvalue weighted by Crippen LogP contribution is -2.33. The van der Waals surface area contributed by atoms with Gasteiger partial charge in [0, 0.05) is 18.0 Å². The largest absolute Gasteiger partial charge is 0.342 e. The second-order valence-corrected chi connectivity index (χ2v) is 10.8. The zero-order valence-corrected chi connectivity index (χ0v) is 23.7. The molecule has 0 aliphatic rings. The normalized spacial score (nSPS) is 11.8. The topological polar surface area (TPSA) is 107 Å². The SMILES string of the molecule is Cc1nc(C)c(C#Cc2cccc3nc([C@H](C)NC(=O)c4c(C)nn5cccnc45)n(-c4ccccc4)c(=O)c23)s1. The van der Waals surface area contributed by atoms with E-state index in [1.165, 1.54) is 11.3 Å². The average molecular weight is 560 g/mol. The molecule has 0 saturated heterocycles. The van der Waals surface area contributed by atoms with Gasteiger partial charge in [0.05, 0.1) is 39.0 Å². The maximum atomic E-state index is 14.2. The standard InChI is InChI=1S/C31H25N7O2S/c1-18-25(41-21(4)33-18)15-14-22-10-8-13-24-27(22)31(40)38(23-11-6-5-7-12-23)28(35-24)20(3)34-30(39)26-19(2)36-37-17-9-16-32-29(26)37/h5-13,16-17,20H,1-4H3,(H,34,39)/t20-/m0/s1. The van der Waals surface area contributed by atoms with E-state index in [1.54, 1.807) is 47.5 Å². The molecule has 6 rings (SSSR count). The summed E-state index contributed by atoms with van der Waals surface area (Å²) in [5, 5.41) is 8.76. The van der Waals surface area contributed by atoms with Crippen molar-refractivity contribution >= 4 is 33.8 Å². The number of nitrogens with one attached hydrogen (secondary N) is 1. The minimum atomic E-state index is -0.629. The number of fused-ring (bicyclic) bond motifs is 2. The van der Waals surface area contributed by atoms with Gasteiger partial charge in [-0.05, 0) is 63.9 Å². The molecule has 4 aromatic heterocycles. The van der Waals surface area contributed by atoms with E-state index in [-0.39, 0.29) is 11.5 Å². The molecule has 6 aromatic rings. The van der Waals surface area contributed by atoms with Crippen LogP contribution in [0.25, 0.3) is 22.2 Å². The highest BCUT2D eigenvalue weighted by Gasteiger charge is 2.24. The summed E-state index contributed by atoms with van der Waals surface area (Å²) in [6, 6.07) is 15.8. The Morgan fingerprint density at radius 2 is 1.78 bits per heavy atom. The van der Waals surface area contributed by atoms with Crippen molar-refractivity contribution in [3.63, 3.8) is 0 Å². The van der Waals surface area contributed by atoms with Crippen LogP contribution in [-0.2, 0) is 0 Å². The molecule has 0 fully saturated rings.